The third kappa shape index (κ3) is 38.5. The van der Waals surface area contributed by atoms with Gasteiger partial charge in [-0.25, -0.2) is 4.79 Å². The summed E-state index contributed by atoms with van der Waals surface area (Å²) in [7, 11) is 3.99. The largest absolute Gasteiger partial charge is 0.448 e. The Morgan fingerprint density at radius 3 is 1.34 bits per heavy atom. The van der Waals surface area contributed by atoms with E-state index in [0.717, 1.165) is 25.9 Å². The molecule has 0 bridgehead atoms. The number of allylic oxidation sites excluding steroid dienone is 8. The van der Waals surface area contributed by atoms with E-state index in [1.165, 1.54) is 154 Å². The van der Waals surface area contributed by atoms with Crippen LogP contribution in [-0.2, 0) is 4.74 Å². The van der Waals surface area contributed by atoms with Crippen LogP contribution in [0, 0.1) is 5.92 Å². The Balaban J connectivity index is 4.05. The summed E-state index contributed by atoms with van der Waals surface area (Å²) >= 11 is 0. The number of ether oxygens (including phenoxy) is 1. The lowest BCUT2D eigenvalue weighted by molar-refractivity contribution is 0.134. The first-order valence-electron chi connectivity index (χ1n) is 20.2. The van der Waals surface area contributed by atoms with Crippen LogP contribution in [-0.4, -0.2) is 44.8 Å². The van der Waals surface area contributed by atoms with Gasteiger partial charge < -0.3 is 15.0 Å². The molecule has 1 N–H and O–H groups in total. The van der Waals surface area contributed by atoms with E-state index >= 15 is 0 Å². The maximum Gasteiger partial charge on any atom is 0.407 e. The standard InChI is InChI=1S/C43H80N2O2/c1-5-7-9-11-13-15-17-19-21-23-25-27-29-31-33-35-37-42(41-44-43(46)47-40-39-45(3)4)38-36-34-32-30-28-26-24-22-20-18-16-14-12-10-8-6-2/h13-16,19-22,42H,5-12,17-18,23-41H2,1-4H3,(H,44,46). The molecule has 0 heterocycles. The molecule has 0 aliphatic heterocycles. The Hall–Kier alpha value is -1.81. The molecule has 47 heavy (non-hydrogen) atoms. The van der Waals surface area contributed by atoms with Gasteiger partial charge in [0.2, 0.25) is 0 Å². The number of hydrogen-bond donors (Lipinski definition) is 1. The van der Waals surface area contributed by atoms with Gasteiger partial charge in [0.15, 0.2) is 0 Å². The molecule has 0 saturated carbocycles. The fourth-order valence-corrected chi connectivity index (χ4v) is 5.79. The van der Waals surface area contributed by atoms with Gasteiger partial charge in [-0.15, -0.1) is 0 Å². The Morgan fingerprint density at radius 1 is 0.553 bits per heavy atom. The number of likely N-dealkylation sites (N-methyl/N-ethyl adjacent to an activating group) is 1. The molecule has 0 aliphatic carbocycles. The third-order valence-electron chi connectivity index (χ3n) is 8.93. The van der Waals surface area contributed by atoms with E-state index in [9.17, 15) is 4.79 Å². The van der Waals surface area contributed by atoms with Crippen molar-refractivity contribution in [1.82, 2.24) is 10.2 Å². The minimum Gasteiger partial charge on any atom is -0.448 e. The zero-order valence-corrected chi connectivity index (χ0v) is 32.0. The predicted octanol–water partition coefficient (Wildman–Crippen LogP) is 13.3. The van der Waals surface area contributed by atoms with E-state index in [-0.39, 0.29) is 6.09 Å². The number of carbonyl (C=O) groups is 1. The first-order valence-corrected chi connectivity index (χ1v) is 20.2. The molecule has 0 aromatic rings. The zero-order valence-electron chi connectivity index (χ0n) is 32.0. The summed E-state index contributed by atoms with van der Waals surface area (Å²) < 4.78 is 5.37. The molecule has 0 aliphatic rings. The molecule has 0 spiro atoms. The molecule has 0 radical (unpaired) electrons. The van der Waals surface area contributed by atoms with Gasteiger partial charge in [0.1, 0.15) is 6.61 Å². The van der Waals surface area contributed by atoms with E-state index in [2.05, 4.69) is 67.8 Å². The molecule has 0 unspecified atom stereocenters. The molecule has 0 aromatic carbocycles. The number of carbonyl (C=O) groups excluding carboxylic acids is 1. The van der Waals surface area contributed by atoms with Gasteiger partial charge >= 0.3 is 6.09 Å². The molecular formula is C43H80N2O2. The van der Waals surface area contributed by atoms with Crippen molar-refractivity contribution in [3.8, 4) is 0 Å². The van der Waals surface area contributed by atoms with Crippen LogP contribution in [0.1, 0.15) is 181 Å². The van der Waals surface area contributed by atoms with Crippen LogP contribution in [0.4, 0.5) is 4.79 Å². The number of amides is 1. The summed E-state index contributed by atoms with van der Waals surface area (Å²) in [4.78, 5) is 14.2. The van der Waals surface area contributed by atoms with E-state index in [1.54, 1.807) is 0 Å². The van der Waals surface area contributed by atoms with Crippen molar-refractivity contribution in [3.05, 3.63) is 48.6 Å². The average molecular weight is 657 g/mol. The number of alkyl carbamates (subject to hydrolysis) is 1. The quantitative estimate of drug-likeness (QED) is 0.0545. The fraction of sp³-hybridized carbons (Fsp3) is 0.791. The highest BCUT2D eigenvalue weighted by atomic mass is 16.5. The number of hydrogen-bond acceptors (Lipinski definition) is 3. The number of unbranched alkanes of at least 4 members (excludes halogenated alkanes) is 18. The molecule has 0 fully saturated rings. The van der Waals surface area contributed by atoms with Crippen molar-refractivity contribution in [2.75, 3.05) is 33.8 Å². The van der Waals surface area contributed by atoms with Gasteiger partial charge in [0.25, 0.3) is 0 Å². The Labute approximate surface area is 294 Å². The first kappa shape index (κ1) is 45.2. The molecule has 0 aromatic heterocycles. The highest BCUT2D eigenvalue weighted by molar-refractivity contribution is 5.67. The predicted molar refractivity (Wildman–Crippen MR) is 209 cm³/mol. The topological polar surface area (TPSA) is 41.6 Å². The van der Waals surface area contributed by atoms with Crippen LogP contribution in [0.2, 0.25) is 0 Å². The molecule has 4 nitrogen and oxygen atoms in total. The highest BCUT2D eigenvalue weighted by Crippen LogP contribution is 2.19. The summed E-state index contributed by atoms with van der Waals surface area (Å²) in [5.74, 6) is 0.563. The molecule has 0 atom stereocenters. The monoisotopic (exact) mass is 657 g/mol. The smallest absolute Gasteiger partial charge is 0.407 e. The van der Waals surface area contributed by atoms with Gasteiger partial charge in [-0.2, -0.15) is 0 Å². The minimum absolute atomic E-state index is 0.258. The van der Waals surface area contributed by atoms with Crippen molar-refractivity contribution in [3.63, 3.8) is 0 Å². The first-order chi connectivity index (χ1) is 23.1. The molecule has 0 saturated heterocycles. The van der Waals surface area contributed by atoms with Crippen molar-refractivity contribution >= 4 is 6.09 Å². The fourth-order valence-electron chi connectivity index (χ4n) is 5.79. The molecule has 0 rings (SSSR count). The lowest BCUT2D eigenvalue weighted by Gasteiger charge is -2.18. The summed E-state index contributed by atoms with van der Waals surface area (Å²) in [5, 5.41) is 3.06. The molecule has 274 valence electrons. The van der Waals surface area contributed by atoms with Gasteiger partial charge in [0.05, 0.1) is 0 Å². The second kappa shape index (κ2) is 38.6. The van der Waals surface area contributed by atoms with Crippen LogP contribution >= 0.6 is 0 Å². The van der Waals surface area contributed by atoms with Gasteiger partial charge in [-0.05, 0) is 97.1 Å². The number of rotatable bonds is 35. The van der Waals surface area contributed by atoms with Crippen LogP contribution < -0.4 is 5.32 Å². The van der Waals surface area contributed by atoms with Crippen LogP contribution in [0.3, 0.4) is 0 Å². The molecule has 1 amide bonds. The van der Waals surface area contributed by atoms with Crippen molar-refractivity contribution in [2.45, 2.75) is 181 Å². The van der Waals surface area contributed by atoms with Gasteiger partial charge in [0, 0.05) is 13.1 Å². The lowest BCUT2D eigenvalue weighted by Crippen LogP contribution is -2.31. The van der Waals surface area contributed by atoms with Gasteiger partial charge in [-0.1, -0.05) is 152 Å². The Kier molecular flexibility index (Phi) is 37.1. The zero-order chi connectivity index (χ0) is 34.3. The van der Waals surface area contributed by atoms with Crippen LogP contribution in [0.25, 0.3) is 0 Å². The van der Waals surface area contributed by atoms with Gasteiger partial charge in [-0.3, -0.25) is 0 Å². The van der Waals surface area contributed by atoms with Crippen molar-refractivity contribution < 1.29 is 9.53 Å². The molecule has 4 heteroatoms. The van der Waals surface area contributed by atoms with Crippen LogP contribution in [0.15, 0.2) is 48.6 Å². The highest BCUT2D eigenvalue weighted by Gasteiger charge is 2.11. The van der Waals surface area contributed by atoms with Crippen molar-refractivity contribution in [2.24, 2.45) is 5.92 Å². The number of nitrogens with one attached hydrogen (secondary N) is 1. The minimum atomic E-state index is -0.258. The summed E-state index contributed by atoms with van der Waals surface area (Å²) in [6.45, 7) is 6.48. The average Bonchev–Trinajstić information content (AvgIpc) is 3.06. The summed E-state index contributed by atoms with van der Waals surface area (Å²) in [6.07, 6.45) is 51.8. The summed E-state index contributed by atoms with van der Waals surface area (Å²) in [6, 6.07) is 0. The van der Waals surface area contributed by atoms with Crippen LogP contribution in [0.5, 0.6) is 0 Å². The van der Waals surface area contributed by atoms with Crippen molar-refractivity contribution in [1.29, 1.82) is 0 Å². The maximum absolute atomic E-state index is 12.2. The van der Waals surface area contributed by atoms with E-state index in [0.29, 0.717) is 12.5 Å². The maximum atomic E-state index is 12.2. The normalized spacial score (nSPS) is 12.9. The lowest BCUT2D eigenvalue weighted by atomic mass is 9.94. The van der Waals surface area contributed by atoms with E-state index < -0.39 is 0 Å². The van der Waals surface area contributed by atoms with E-state index in [1.807, 2.05) is 19.0 Å². The third-order valence-corrected chi connectivity index (χ3v) is 8.93. The number of nitrogens with zero attached hydrogens (tertiary/aromatic N) is 1. The second-order valence-electron chi connectivity index (χ2n) is 13.9. The molecular weight excluding hydrogens is 576 g/mol. The summed E-state index contributed by atoms with van der Waals surface area (Å²) in [5.41, 5.74) is 0. The van der Waals surface area contributed by atoms with E-state index in [4.69, 9.17) is 4.74 Å². The second-order valence-corrected chi connectivity index (χ2v) is 13.9. The SMILES string of the molecule is CCCCCC=CCC=CCCCCCCCCC(CCCCCCCCC=CCC=CCCCCC)CNC(=O)OCCN(C)C. The Morgan fingerprint density at radius 2 is 0.936 bits per heavy atom. The Bertz CT molecular complexity index is 707.